The van der Waals surface area contributed by atoms with Crippen LogP contribution in [-0.4, -0.2) is 109 Å². The maximum absolute atomic E-state index is 13.5. The zero-order valence-corrected chi connectivity index (χ0v) is 25.3. The molecule has 1 unspecified atom stereocenters. The van der Waals surface area contributed by atoms with Crippen LogP contribution in [0, 0.1) is 12.8 Å². The van der Waals surface area contributed by atoms with E-state index in [-0.39, 0.29) is 30.1 Å². The summed E-state index contributed by atoms with van der Waals surface area (Å²) in [6.45, 7) is 5.02. The quantitative estimate of drug-likeness (QED) is 0.461. The molecule has 5 rings (SSSR count). The number of carbonyl (C=O) groups is 1. The van der Waals surface area contributed by atoms with Crippen LogP contribution >= 0.6 is 0 Å². The number of rotatable bonds is 8. The van der Waals surface area contributed by atoms with Crippen molar-refractivity contribution in [3.8, 4) is 0 Å². The third-order valence-corrected chi connectivity index (χ3v) is 9.53. The SMILES string of the molecule is CO[C@H]1COCC[C@H]1N(C)C1CCN(C(=O)c2ncnc(NC[C@H]3CCC[C@@H](C4C=CC(C(F)(F)F)=CC4)O3)c2C)CC1. The van der Waals surface area contributed by atoms with E-state index < -0.39 is 11.7 Å². The van der Waals surface area contributed by atoms with Gasteiger partial charge in [0.05, 0.1) is 30.5 Å². The molecule has 9 nitrogen and oxygen atoms in total. The minimum Gasteiger partial charge on any atom is -0.379 e. The van der Waals surface area contributed by atoms with E-state index >= 15 is 0 Å². The Labute approximate surface area is 251 Å². The molecule has 0 aromatic carbocycles. The van der Waals surface area contributed by atoms with E-state index in [1.807, 2.05) is 11.8 Å². The normalized spacial score (nSPS) is 29.0. The van der Waals surface area contributed by atoms with Gasteiger partial charge in [0.15, 0.2) is 0 Å². The first-order chi connectivity index (χ1) is 20.7. The molecule has 4 heterocycles. The molecule has 0 spiro atoms. The summed E-state index contributed by atoms with van der Waals surface area (Å²) in [4.78, 5) is 26.5. The average molecular weight is 608 g/mol. The van der Waals surface area contributed by atoms with Gasteiger partial charge in [0, 0.05) is 56.9 Å². The van der Waals surface area contributed by atoms with Gasteiger partial charge >= 0.3 is 6.18 Å². The summed E-state index contributed by atoms with van der Waals surface area (Å²) in [5.41, 5.74) is 0.508. The summed E-state index contributed by atoms with van der Waals surface area (Å²) >= 11 is 0. The summed E-state index contributed by atoms with van der Waals surface area (Å²) in [7, 11) is 3.89. The van der Waals surface area contributed by atoms with Crippen LogP contribution in [0.1, 0.15) is 61.0 Å². The van der Waals surface area contributed by atoms with Crippen LogP contribution in [0.25, 0.3) is 0 Å². The van der Waals surface area contributed by atoms with Crippen LogP contribution in [0.2, 0.25) is 0 Å². The lowest BCUT2D eigenvalue weighted by Crippen LogP contribution is -2.54. The van der Waals surface area contributed by atoms with Crippen molar-refractivity contribution in [1.82, 2.24) is 19.8 Å². The number of nitrogens with zero attached hydrogens (tertiary/aromatic N) is 4. The molecular formula is C31H44F3N5O4. The number of hydrogen-bond acceptors (Lipinski definition) is 8. The standard InChI is InChI=1S/C31H44F3N5O4/c1-20-28(30(40)39-14-11-23(12-15-39)38(2)25-13-16-42-18-27(25)41-3)36-19-37-29(20)35-17-24-5-4-6-26(43-24)21-7-9-22(10-8-21)31(32,33)34/h7,9-10,19,21,23-27H,4-6,8,11-18H2,1-3H3,(H,35,36,37)/t21?,24-,25-,26+,27+/m1/s1. The first kappa shape index (κ1) is 31.9. The number of ether oxygens (including phenoxy) is 3. The molecule has 0 saturated carbocycles. The largest absolute Gasteiger partial charge is 0.416 e. The number of amides is 1. The molecule has 1 amide bonds. The van der Waals surface area contributed by atoms with E-state index in [4.69, 9.17) is 14.2 Å². The Kier molecular flexibility index (Phi) is 10.4. The Bertz CT molecular complexity index is 1170. The Balaban J connectivity index is 1.12. The summed E-state index contributed by atoms with van der Waals surface area (Å²) in [5.74, 6) is 0.439. The molecule has 1 aliphatic carbocycles. The fourth-order valence-corrected chi connectivity index (χ4v) is 6.86. The first-order valence-corrected chi connectivity index (χ1v) is 15.4. The highest BCUT2D eigenvalue weighted by atomic mass is 19.4. The first-order valence-electron chi connectivity index (χ1n) is 15.4. The second kappa shape index (κ2) is 14.0. The fourth-order valence-electron chi connectivity index (χ4n) is 6.86. The monoisotopic (exact) mass is 607 g/mol. The number of likely N-dealkylation sites (tertiary alicyclic amines) is 1. The molecule has 0 bridgehead atoms. The topological polar surface area (TPSA) is 89.1 Å². The third kappa shape index (κ3) is 7.58. The average Bonchev–Trinajstić information content (AvgIpc) is 3.03. The molecule has 1 N–H and O–H groups in total. The Morgan fingerprint density at radius 2 is 1.98 bits per heavy atom. The predicted molar refractivity (Wildman–Crippen MR) is 156 cm³/mol. The molecule has 3 aliphatic heterocycles. The Hall–Kier alpha value is -2.54. The van der Waals surface area contributed by atoms with Crippen molar-refractivity contribution in [3.63, 3.8) is 0 Å². The number of nitrogens with one attached hydrogen (secondary N) is 1. The molecule has 1 aromatic rings. The van der Waals surface area contributed by atoms with E-state index in [1.54, 1.807) is 13.2 Å². The van der Waals surface area contributed by atoms with E-state index in [9.17, 15) is 18.0 Å². The summed E-state index contributed by atoms with van der Waals surface area (Å²) in [6, 6.07) is 0.685. The van der Waals surface area contributed by atoms with Crippen molar-refractivity contribution in [1.29, 1.82) is 0 Å². The number of alkyl halides is 3. The molecule has 3 saturated heterocycles. The Morgan fingerprint density at radius 1 is 1.19 bits per heavy atom. The molecule has 4 aliphatic rings. The number of piperidine rings is 1. The molecule has 12 heteroatoms. The van der Waals surface area contributed by atoms with Crippen molar-refractivity contribution in [2.24, 2.45) is 5.92 Å². The highest BCUT2D eigenvalue weighted by Crippen LogP contribution is 2.35. The fraction of sp³-hybridized carbons (Fsp3) is 0.710. The molecular weight excluding hydrogens is 563 g/mol. The minimum absolute atomic E-state index is 0.0608. The molecule has 3 fully saturated rings. The van der Waals surface area contributed by atoms with Crippen LogP contribution in [-0.2, 0) is 14.2 Å². The molecule has 0 radical (unpaired) electrons. The highest BCUT2D eigenvalue weighted by molar-refractivity contribution is 5.94. The number of carbonyl (C=O) groups excluding carboxylic acids is 1. The summed E-state index contributed by atoms with van der Waals surface area (Å²) in [5, 5.41) is 3.34. The smallest absolute Gasteiger partial charge is 0.379 e. The van der Waals surface area contributed by atoms with E-state index in [2.05, 4.69) is 27.2 Å². The van der Waals surface area contributed by atoms with Crippen molar-refractivity contribution >= 4 is 11.7 Å². The number of anilines is 1. The number of likely N-dealkylation sites (N-methyl/N-ethyl adjacent to an activating group) is 1. The van der Waals surface area contributed by atoms with Gasteiger partial charge in [0.1, 0.15) is 17.8 Å². The van der Waals surface area contributed by atoms with Gasteiger partial charge in [0.2, 0.25) is 0 Å². The lowest BCUT2D eigenvalue weighted by Gasteiger charge is -2.44. The molecule has 1 aromatic heterocycles. The molecule has 238 valence electrons. The van der Waals surface area contributed by atoms with Crippen LogP contribution in [0.4, 0.5) is 19.0 Å². The maximum Gasteiger partial charge on any atom is 0.416 e. The van der Waals surface area contributed by atoms with E-state index in [0.29, 0.717) is 61.8 Å². The van der Waals surface area contributed by atoms with Gasteiger partial charge in [-0.1, -0.05) is 18.2 Å². The van der Waals surface area contributed by atoms with Gasteiger partial charge in [-0.05, 0) is 58.9 Å². The molecule has 5 atom stereocenters. The van der Waals surface area contributed by atoms with Gasteiger partial charge in [-0.25, -0.2) is 9.97 Å². The van der Waals surface area contributed by atoms with Gasteiger partial charge in [-0.2, -0.15) is 13.2 Å². The van der Waals surface area contributed by atoms with Crippen molar-refractivity contribution in [2.45, 2.75) is 88.4 Å². The second-order valence-corrected chi connectivity index (χ2v) is 12.1. The highest BCUT2D eigenvalue weighted by Gasteiger charge is 2.37. The third-order valence-electron chi connectivity index (χ3n) is 9.53. The minimum atomic E-state index is -4.32. The summed E-state index contributed by atoms with van der Waals surface area (Å²) in [6.07, 6.45) is 6.65. The number of methoxy groups -OCH3 is 1. The lowest BCUT2D eigenvalue weighted by atomic mass is 9.87. The predicted octanol–water partition coefficient (Wildman–Crippen LogP) is 4.54. The van der Waals surface area contributed by atoms with Gasteiger partial charge in [-0.15, -0.1) is 0 Å². The zero-order valence-electron chi connectivity index (χ0n) is 25.3. The van der Waals surface area contributed by atoms with E-state index in [1.165, 1.54) is 18.5 Å². The molecule has 43 heavy (non-hydrogen) atoms. The lowest BCUT2D eigenvalue weighted by molar-refractivity contribution is -0.0899. The van der Waals surface area contributed by atoms with Crippen molar-refractivity contribution in [3.05, 3.63) is 41.4 Å². The summed E-state index contributed by atoms with van der Waals surface area (Å²) < 4.78 is 56.5. The van der Waals surface area contributed by atoms with E-state index in [0.717, 1.165) is 45.1 Å². The van der Waals surface area contributed by atoms with Crippen molar-refractivity contribution < 1.29 is 32.2 Å². The number of halogens is 3. The van der Waals surface area contributed by atoms with Crippen LogP contribution < -0.4 is 5.32 Å². The number of aromatic nitrogens is 2. The van der Waals surface area contributed by atoms with Gasteiger partial charge in [0.25, 0.3) is 5.91 Å². The number of hydrogen-bond donors (Lipinski definition) is 1. The van der Waals surface area contributed by atoms with Crippen molar-refractivity contribution in [2.75, 3.05) is 52.3 Å². The zero-order chi connectivity index (χ0) is 30.6. The maximum atomic E-state index is 13.5. The van der Waals surface area contributed by atoms with Gasteiger partial charge < -0.3 is 24.4 Å². The number of allylic oxidation sites excluding steroid dienone is 3. The Morgan fingerprint density at radius 3 is 2.67 bits per heavy atom. The second-order valence-electron chi connectivity index (χ2n) is 12.1. The van der Waals surface area contributed by atoms with Gasteiger partial charge in [-0.3, -0.25) is 9.69 Å². The van der Waals surface area contributed by atoms with Crippen LogP contribution in [0.15, 0.2) is 30.1 Å². The van der Waals surface area contributed by atoms with Crippen LogP contribution in [0.3, 0.4) is 0 Å². The van der Waals surface area contributed by atoms with Crippen LogP contribution in [0.5, 0.6) is 0 Å².